The molecular weight excluding hydrogens is 319 g/mol. The van der Waals surface area contributed by atoms with Gasteiger partial charge in [0.25, 0.3) is 0 Å². The van der Waals surface area contributed by atoms with E-state index in [2.05, 4.69) is 4.98 Å². The number of rotatable bonds is 4. The number of benzene rings is 1. The number of methoxy groups -OCH3 is 1. The summed E-state index contributed by atoms with van der Waals surface area (Å²) in [5.74, 6) is 1.40. The summed E-state index contributed by atoms with van der Waals surface area (Å²) >= 11 is 18.0. The highest BCUT2D eigenvalue weighted by Gasteiger charge is 2.12. The van der Waals surface area contributed by atoms with Gasteiger partial charge in [-0.05, 0) is 23.8 Å². The first-order chi connectivity index (χ1) is 9.51. The van der Waals surface area contributed by atoms with Crippen LogP contribution < -0.4 is 9.64 Å². The number of nitrogens with zero attached hydrogens (tertiary/aromatic N) is 2. The van der Waals surface area contributed by atoms with Crippen LogP contribution in [0.15, 0.2) is 30.3 Å². The monoisotopic (exact) mass is 330 g/mol. The Bertz CT molecular complexity index is 619. The molecule has 2 aromatic rings. The maximum atomic E-state index is 6.15. The molecular formula is C14H13Cl3N2O. The van der Waals surface area contributed by atoms with E-state index in [1.807, 2.05) is 36.2 Å². The van der Waals surface area contributed by atoms with Crippen molar-refractivity contribution in [1.82, 2.24) is 4.98 Å². The Labute approximate surface area is 133 Å². The number of ether oxygens (including phenoxy) is 1. The van der Waals surface area contributed by atoms with Crippen molar-refractivity contribution in [3.8, 4) is 5.75 Å². The largest absolute Gasteiger partial charge is 0.497 e. The van der Waals surface area contributed by atoms with Gasteiger partial charge < -0.3 is 9.64 Å². The number of halogens is 3. The third kappa shape index (κ3) is 3.48. The molecule has 0 spiro atoms. The number of hydrogen-bond acceptors (Lipinski definition) is 3. The van der Waals surface area contributed by atoms with E-state index in [9.17, 15) is 0 Å². The fraction of sp³-hybridized carbons (Fsp3) is 0.214. The Hall–Kier alpha value is -1.16. The van der Waals surface area contributed by atoms with E-state index in [-0.39, 0.29) is 5.15 Å². The van der Waals surface area contributed by atoms with Crippen LogP contribution in [0.3, 0.4) is 0 Å². The van der Waals surface area contributed by atoms with Crippen molar-refractivity contribution in [3.63, 3.8) is 0 Å². The lowest BCUT2D eigenvalue weighted by atomic mass is 10.2. The van der Waals surface area contributed by atoms with Crippen molar-refractivity contribution in [1.29, 1.82) is 0 Å². The van der Waals surface area contributed by atoms with E-state index in [0.717, 1.165) is 11.3 Å². The van der Waals surface area contributed by atoms with E-state index in [0.29, 0.717) is 22.4 Å². The highest BCUT2D eigenvalue weighted by atomic mass is 35.5. The molecule has 0 amide bonds. The molecule has 106 valence electrons. The van der Waals surface area contributed by atoms with Crippen LogP contribution in [0.2, 0.25) is 15.2 Å². The molecule has 0 saturated carbocycles. The molecule has 1 heterocycles. The summed E-state index contributed by atoms with van der Waals surface area (Å²) < 4.78 is 5.20. The molecule has 2 rings (SSSR count). The molecule has 6 heteroatoms. The third-order valence-electron chi connectivity index (χ3n) is 2.78. The Kier molecular flexibility index (Phi) is 4.97. The molecule has 1 aromatic carbocycles. The first-order valence-corrected chi connectivity index (χ1v) is 7.00. The maximum absolute atomic E-state index is 6.15. The van der Waals surface area contributed by atoms with Crippen molar-refractivity contribution < 1.29 is 4.74 Å². The summed E-state index contributed by atoms with van der Waals surface area (Å²) in [4.78, 5) is 6.11. The Morgan fingerprint density at radius 1 is 1.15 bits per heavy atom. The van der Waals surface area contributed by atoms with E-state index >= 15 is 0 Å². The Morgan fingerprint density at radius 2 is 1.90 bits per heavy atom. The zero-order chi connectivity index (χ0) is 14.7. The fourth-order valence-electron chi connectivity index (χ4n) is 1.82. The van der Waals surface area contributed by atoms with Gasteiger partial charge in [0.2, 0.25) is 0 Å². The van der Waals surface area contributed by atoms with Crippen LogP contribution in [-0.2, 0) is 6.54 Å². The van der Waals surface area contributed by atoms with Gasteiger partial charge >= 0.3 is 0 Å². The summed E-state index contributed by atoms with van der Waals surface area (Å²) in [5, 5.41) is 1.04. The summed E-state index contributed by atoms with van der Waals surface area (Å²) in [6, 6.07) is 9.39. The molecule has 0 atom stereocenters. The molecule has 0 fully saturated rings. The van der Waals surface area contributed by atoms with Crippen LogP contribution in [0.25, 0.3) is 0 Å². The lowest BCUT2D eigenvalue weighted by molar-refractivity contribution is 0.414. The van der Waals surface area contributed by atoms with Crippen molar-refractivity contribution in [2.45, 2.75) is 6.54 Å². The molecule has 0 aliphatic heterocycles. The van der Waals surface area contributed by atoms with E-state index < -0.39 is 0 Å². The molecule has 3 nitrogen and oxygen atoms in total. The van der Waals surface area contributed by atoms with Gasteiger partial charge in [-0.15, -0.1) is 0 Å². The van der Waals surface area contributed by atoms with Gasteiger partial charge in [0.15, 0.2) is 0 Å². The number of aromatic nitrogens is 1. The minimum Gasteiger partial charge on any atom is -0.497 e. The normalized spacial score (nSPS) is 10.4. The molecule has 0 radical (unpaired) electrons. The molecule has 0 aliphatic carbocycles. The number of hydrogen-bond donors (Lipinski definition) is 0. The van der Waals surface area contributed by atoms with E-state index in [1.54, 1.807) is 13.2 Å². The van der Waals surface area contributed by atoms with Crippen molar-refractivity contribution >= 4 is 40.6 Å². The summed E-state index contributed by atoms with van der Waals surface area (Å²) in [7, 11) is 3.53. The van der Waals surface area contributed by atoms with Gasteiger partial charge in [0.05, 0.1) is 17.2 Å². The molecule has 0 saturated heterocycles. The van der Waals surface area contributed by atoms with Crippen LogP contribution in [-0.4, -0.2) is 19.1 Å². The summed E-state index contributed by atoms with van der Waals surface area (Å²) in [6.45, 7) is 0.627. The van der Waals surface area contributed by atoms with Crippen LogP contribution in [0.4, 0.5) is 5.82 Å². The lowest BCUT2D eigenvalue weighted by Crippen LogP contribution is -2.18. The second-order valence-electron chi connectivity index (χ2n) is 4.27. The smallest absolute Gasteiger partial charge is 0.150 e. The second-order valence-corrected chi connectivity index (χ2v) is 5.45. The average molecular weight is 332 g/mol. The quantitative estimate of drug-likeness (QED) is 0.760. The zero-order valence-electron chi connectivity index (χ0n) is 11.0. The van der Waals surface area contributed by atoms with Gasteiger partial charge in [0.1, 0.15) is 16.7 Å². The van der Waals surface area contributed by atoms with Crippen LogP contribution in [0, 0.1) is 0 Å². The summed E-state index contributed by atoms with van der Waals surface area (Å²) in [6.07, 6.45) is 0. The van der Waals surface area contributed by atoms with Gasteiger partial charge in [-0.2, -0.15) is 0 Å². The summed E-state index contributed by atoms with van der Waals surface area (Å²) in [5.41, 5.74) is 1.08. The Balaban J connectivity index is 2.23. The minimum absolute atomic E-state index is 0.239. The first kappa shape index (κ1) is 15.2. The molecule has 0 bridgehead atoms. The molecule has 0 unspecified atom stereocenters. The predicted octanol–water partition coefficient (Wildman–Crippen LogP) is 4.69. The molecule has 1 aromatic heterocycles. The second kappa shape index (κ2) is 6.53. The van der Waals surface area contributed by atoms with E-state index in [1.165, 1.54) is 0 Å². The first-order valence-electron chi connectivity index (χ1n) is 5.87. The topological polar surface area (TPSA) is 25.4 Å². The highest BCUT2D eigenvalue weighted by molar-refractivity contribution is 6.42. The third-order valence-corrected chi connectivity index (χ3v) is 3.73. The van der Waals surface area contributed by atoms with Crippen LogP contribution in [0.5, 0.6) is 5.75 Å². The number of pyridine rings is 1. The van der Waals surface area contributed by atoms with Crippen LogP contribution >= 0.6 is 34.8 Å². The zero-order valence-corrected chi connectivity index (χ0v) is 13.3. The molecule has 0 aliphatic rings. The lowest BCUT2D eigenvalue weighted by Gasteiger charge is -2.20. The van der Waals surface area contributed by atoms with Gasteiger partial charge in [-0.3, -0.25) is 0 Å². The maximum Gasteiger partial charge on any atom is 0.150 e. The van der Waals surface area contributed by atoms with Gasteiger partial charge in [-0.1, -0.05) is 46.9 Å². The Morgan fingerprint density at radius 3 is 2.60 bits per heavy atom. The van der Waals surface area contributed by atoms with E-state index in [4.69, 9.17) is 39.5 Å². The minimum atomic E-state index is 0.239. The number of anilines is 1. The molecule has 20 heavy (non-hydrogen) atoms. The van der Waals surface area contributed by atoms with Crippen molar-refractivity contribution in [2.24, 2.45) is 0 Å². The van der Waals surface area contributed by atoms with Gasteiger partial charge in [0, 0.05) is 13.6 Å². The van der Waals surface area contributed by atoms with Crippen LogP contribution in [0.1, 0.15) is 5.56 Å². The van der Waals surface area contributed by atoms with Crippen molar-refractivity contribution in [3.05, 3.63) is 51.1 Å². The van der Waals surface area contributed by atoms with Gasteiger partial charge in [-0.25, -0.2) is 4.98 Å². The fourth-order valence-corrected chi connectivity index (χ4v) is 2.46. The SMILES string of the molecule is COc1cccc(CN(C)c2nc(Cl)c(Cl)cc2Cl)c1. The molecule has 0 N–H and O–H groups in total. The highest BCUT2D eigenvalue weighted by Crippen LogP contribution is 2.31. The van der Waals surface area contributed by atoms with Crippen molar-refractivity contribution in [2.75, 3.05) is 19.1 Å². The predicted molar refractivity (Wildman–Crippen MR) is 84.4 cm³/mol. The average Bonchev–Trinajstić information content (AvgIpc) is 2.43. The standard InChI is InChI=1S/C14H13Cl3N2O/c1-19(8-9-4-3-5-10(6-9)20-2)14-12(16)7-11(15)13(17)18-14/h3-7H,8H2,1-2H3.